The summed E-state index contributed by atoms with van der Waals surface area (Å²) in [5.41, 5.74) is 8.48. The van der Waals surface area contributed by atoms with Crippen LogP contribution in [0, 0.1) is 0 Å². The lowest BCUT2D eigenvalue weighted by Gasteiger charge is -2.33. The molecule has 0 unspecified atom stereocenters. The summed E-state index contributed by atoms with van der Waals surface area (Å²) >= 11 is 3.89. The molecule has 1 aliphatic carbocycles. The molecule has 3 aromatic rings. The first-order valence-corrected chi connectivity index (χ1v) is 23.6. The van der Waals surface area contributed by atoms with Crippen LogP contribution in [0.1, 0.15) is 218 Å². The molecule has 3 aromatic carbocycles. The second-order valence-corrected chi connectivity index (χ2v) is 17.7. The maximum atomic E-state index is 9.99. The minimum Gasteiger partial charge on any atom is -0.508 e. The number of unbranched alkanes of at least 4 members (excludes halogenated alkanes) is 26. The first-order valence-electron chi connectivity index (χ1n) is 22.8. The molecule has 1 aliphatic rings. The van der Waals surface area contributed by atoms with E-state index in [1.807, 2.05) is 12.1 Å². The van der Waals surface area contributed by atoms with Crippen LogP contribution in [-0.4, -0.2) is 5.11 Å². The number of halogens is 1. The van der Waals surface area contributed by atoms with Gasteiger partial charge >= 0.3 is 0 Å². The predicted octanol–water partition coefficient (Wildman–Crippen LogP) is 17.8. The van der Waals surface area contributed by atoms with Gasteiger partial charge < -0.3 is 5.11 Å². The first-order chi connectivity index (χ1) is 26.1. The van der Waals surface area contributed by atoms with Crippen molar-refractivity contribution >= 4 is 15.9 Å². The van der Waals surface area contributed by atoms with Crippen molar-refractivity contribution in [2.75, 3.05) is 0 Å². The van der Waals surface area contributed by atoms with E-state index < -0.39 is 0 Å². The van der Waals surface area contributed by atoms with E-state index in [4.69, 9.17) is 0 Å². The molecule has 53 heavy (non-hydrogen) atoms. The van der Waals surface area contributed by atoms with Crippen molar-refractivity contribution in [2.24, 2.45) is 0 Å². The molecule has 0 heterocycles. The van der Waals surface area contributed by atoms with Gasteiger partial charge in [0.25, 0.3) is 0 Å². The molecule has 0 bridgehead atoms. The minimum absolute atomic E-state index is 0.0651. The van der Waals surface area contributed by atoms with E-state index in [-0.39, 0.29) is 5.41 Å². The van der Waals surface area contributed by atoms with Crippen LogP contribution in [-0.2, 0) is 5.41 Å². The second-order valence-electron chi connectivity index (χ2n) is 16.8. The zero-order valence-electron chi connectivity index (χ0n) is 34.3. The van der Waals surface area contributed by atoms with Crippen LogP contribution in [0.4, 0.5) is 0 Å². The highest BCUT2D eigenvalue weighted by Gasteiger charge is 2.42. The van der Waals surface area contributed by atoms with E-state index in [9.17, 15) is 5.11 Å². The predicted molar refractivity (Wildman–Crippen MR) is 237 cm³/mol. The van der Waals surface area contributed by atoms with Gasteiger partial charge in [0.1, 0.15) is 5.75 Å². The Labute approximate surface area is 335 Å². The summed E-state index contributed by atoms with van der Waals surface area (Å²) < 4.78 is 1.20. The highest BCUT2D eigenvalue weighted by atomic mass is 79.9. The largest absolute Gasteiger partial charge is 0.508 e. The van der Waals surface area contributed by atoms with Gasteiger partial charge in [-0.25, -0.2) is 0 Å². The van der Waals surface area contributed by atoms with Gasteiger partial charge in [0.15, 0.2) is 0 Å². The lowest BCUT2D eigenvalue weighted by atomic mass is 9.70. The monoisotopic (exact) mass is 785 g/mol. The Balaban J connectivity index is 1.32. The summed E-state index contributed by atoms with van der Waals surface area (Å²) in [5.74, 6) is 0.331. The highest BCUT2D eigenvalue weighted by molar-refractivity contribution is 9.10. The van der Waals surface area contributed by atoms with E-state index >= 15 is 0 Å². The summed E-state index contributed by atoms with van der Waals surface area (Å²) in [6, 6.07) is 22.1. The summed E-state index contributed by atoms with van der Waals surface area (Å²) in [6.45, 7) is 4.61. The number of hydrogen-bond donors (Lipinski definition) is 1. The number of aromatic hydroxyl groups is 1. The maximum Gasteiger partial charge on any atom is 0.115 e. The van der Waals surface area contributed by atoms with Crippen LogP contribution in [0.2, 0.25) is 0 Å². The van der Waals surface area contributed by atoms with E-state index in [1.165, 1.54) is 219 Å². The molecule has 0 aliphatic heterocycles. The smallest absolute Gasteiger partial charge is 0.115 e. The quantitative estimate of drug-likeness (QED) is 0.0644. The topological polar surface area (TPSA) is 20.2 Å². The van der Waals surface area contributed by atoms with Gasteiger partial charge in [-0.1, -0.05) is 240 Å². The van der Waals surface area contributed by atoms with Gasteiger partial charge in [-0.2, -0.15) is 0 Å². The third-order valence-corrected chi connectivity index (χ3v) is 12.9. The Kier molecular flexibility index (Phi) is 21.3. The number of phenolic OH excluding ortho intramolecular Hbond substituents is 1. The van der Waals surface area contributed by atoms with Gasteiger partial charge in [0.05, 0.1) is 0 Å². The molecular weight excluding hydrogens is 708 g/mol. The number of hydrogen-bond acceptors (Lipinski definition) is 1. The Bertz CT molecular complexity index is 1360. The Morgan fingerprint density at radius 3 is 1.15 bits per heavy atom. The zero-order chi connectivity index (χ0) is 37.4. The number of phenols is 1. The second kappa shape index (κ2) is 25.9. The van der Waals surface area contributed by atoms with Crippen molar-refractivity contribution in [3.63, 3.8) is 0 Å². The zero-order valence-corrected chi connectivity index (χ0v) is 35.9. The van der Waals surface area contributed by atoms with Crippen molar-refractivity contribution in [2.45, 2.75) is 212 Å². The Morgan fingerprint density at radius 2 is 0.736 bits per heavy atom. The van der Waals surface area contributed by atoms with Gasteiger partial charge in [-0.3, -0.25) is 0 Å². The van der Waals surface area contributed by atoms with E-state index in [0.29, 0.717) is 5.75 Å². The molecule has 0 aromatic heterocycles. The van der Waals surface area contributed by atoms with Crippen LogP contribution in [0.15, 0.2) is 65.1 Å². The molecule has 0 amide bonds. The van der Waals surface area contributed by atoms with Crippen LogP contribution < -0.4 is 0 Å². The fourth-order valence-corrected chi connectivity index (χ4v) is 9.57. The van der Waals surface area contributed by atoms with Crippen molar-refractivity contribution in [3.8, 4) is 28.0 Å². The van der Waals surface area contributed by atoms with Crippen molar-refractivity contribution in [1.82, 2.24) is 0 Å². The molecule has 1 N–H and O–H groups in total. The van der Waals surface area contributed by atoms with E-state index in [0.717, 1.165) is 0 Å². The van der Waals surface area contributed by atoms with Gasteiger partial charge in [-0.05, 0) is 76.6 Å². The van der Waals surface area contributed by atoms with Crippen LogP contribution in [0.3, 0.4) is 0 Å². The average Bonchev–Trinajstić information content (AvgIpc) is 3.43. The normalized spacial score (nSPS) is 13.0. The number of fused-ring (bicyclic) bond motifs is 3. The van der Waals surface area contributed by atoms with Gasteiger partial charge in [0.2, 0.25) is 0 Å². The van der Waals surface area contributed by atoms with Crippen LogP contribution >= 0.6 is 15.9 Å². The summed E-state index contributed by atoms with van der Waals surface area (Å²) in [5, 5.41) is 9.99. The average molecular weight is 786 g/mol. The lowest BCUT2D eigenvalue weighted by Crippen LogP contribution is -2.25. The minimum atomic E-state index is 0.0651. The number of benzene rings is 3. The van der Waals surface area contributed by atoms with Gasteiger partial charge in [0, 0.05) is 9.89 Å². The Hall–Kier alpha value is -2.06. The van der Waals surface area contributed by atoms with E-state index in [2.05, 4.69) is 78.3 Å². The highest BCUT2D eigenvalue weighted by Crippen LogP contribution is 2.55. The molecule has 294 valence electrons. The summed E-state index contributed by atoms with van der Waals surface area (Å²) in [6.07, 6.45) is 41.8. The molecule has 0 fully saturated rings. The maximum absolute atomic E-state index is 9.99. The lowest BCUT2D eigenvalue weighted by molar-refractivity contribution is 0.396. The fourth-order valence-electron chi connectivity index (χ4n) is 9.21. The number of rotatable bonds is 31. The SMILES string of the molecule is CCCCCCCCCCCCCCCCC1(CCCCCCCCCCCCCCCC)c2cc(Br)ccc2-c2ccc(-c3ccc(O)cc3)cc21. The molecule has 0 radical (unpaired) electrons. The molecule has 2 heteroatoms. The molecular formula is C51H77BrO. The van der Waals surface area contributed by atoms with E-state index in [1.54, 1.807) is 11.1 Å². The fraction of sp³-hybridized carbons (Fsp3) is 0.647. The van der Waals surface area contributed by atoms with Crippen molar-refractivity contribution < 1.29 is 5.11 Å². The molecule has 0 spiro atoms. The third kappa shape index (κ3) is 14.8. The summed E-state index contributed by atoms with van der Waals surface area (Å²) in [4.78, 5) is 0. The van der Waals surface area contributed by atoms with Crippen molar-refractivity contribution in [3.05, 3.63) is 76.3 Å². The third-order valence-electron chi connectivity index (χ3n) is 12.4. The Morgan fingerprint density at radius 1 is 0.396 bits per heavy atom. The van der Waals surface area contributed by atoms with Crippen molar-refractivity contribution in [1.29, 1.82) is 0 Å². The molecule has 0 atom stereocenters. The molecule has 0 saturated heterocycles. The van der Waals surface area contributed by atoms with Crippen LogP contribution in [0.5, 0.6) is 5.75 Å². The summed E-state index contributed by atoms with van der Waals surface area (Å²) in [7, 11) is 0. The molecule has 0 saturated carbocycles. The molecule has 1 nitrogen and oxygen atoms in total. The first kappa shape index (κ1) is 43.7. The molecule has 4 rings (SSSR count). The van der Waals surface area contributed by atoms with Crippen LogP contribution in [0.25, 0.3) is 22.3 Å². The standard InChI is InChI=1S/C51H77BrO/c1-3-5-7-9-11-13-15-17-19-21-23-25-27-29-39-51(40-30-28-26-24-22-20-18-16-14-12-10-8-6-4-2)49-41-44(43-31-35-46(53)36-32-43)33-37-47(49)48-38-34-45(52)42-50(48)51/h31-38,41-42,53H,3-30,39-40H2,1-2H3. The van der Waals surface area contributed by atoms with Gasteiger partial charge in [-0.15, -0.1) is 0 Å².